The van der Waals surface area contributed by atoms with E-state index in [1.54, 1.807) is 4.68 Å². The van der Waals surface area contributed by atoms with Crippen LogP contribution in [0.5, 0.6) is 0 Å². The number of aryl methyl sites for hydroxylation is 2. The van der Waals surface area contributed by atoms with Crippen LogP contribution in [0, 0.1) is 0 Å². The van der Waals surface area contributed by atoms with Crippen LogP contribution in [0.2, 0.25) is 5.02 Å². The van der Waals surface area contributed by atoms with E-state index in [1.807, 2.05) is 37.5 Å². The minimum atomic E-state index is -0.0927. The Kier molecular flexibility index (Phi) is 3.97. The SMILES string of the molecule is Cn1cc2c(n1)CCCC2C(=O)NCc1ccccc1Cl. The maximum Gasteiger partial charge on any atom is 0.227 e. The Morgan fingerprint density at radius 3 is 3.10 bits per heavy atom. The van der Waals surface area contributed by atoms with Crippen LogP contribution in [0.3, 0.4) is 0 Å². The van der Waals surface area contributed by atoms with Crippen LogP contribution in [-0.4, -0.2) is 15.7 Å². The molecule has 0 bridgehead atoms. The van der Waals surface area contributed by atoms with Crippen LogP contribution < -0.4 is 5.32 Å². The number of benzene rings is 1. The number of carbonyl (C=O) groups excluding carboxylic acids is 1. The molecule has 4 nitrogen and oxygen atoms in total. The molecule has 0 spiro atoms. The molecule has 1 aromatic carbocycles. The molecule has 1 heterocycles. The largest absolute Gasteiger partial charge is 0.351 e. The topological polar surface area (TPSA) is 46.9 Å². The van der Waals surface area contributed by atoms with Gasteiger partial charge in [-0.3, -0.25) is 9.48 Å². The lowest BCUT2D eigenvalue weighted by atomic mass is 9.86. The van der Waals surface area contributed by atoms with Gasteiger partial charge in [-0.1, -0.05) is 29.8 Å². The fourth-order valence-electron chi connectivity index (χ4n) is 2.89. The van der Waals surface area contributed by atoms with Gasteiger partial charge >= 0.3 is 0 Å². The van der Waals surface area contributed by atoms with Crippen molar-refractivity contribution in [2.24, 2.45) is 7.05 Å². The second-order valence-electron chi connectivity index (χ2n) is 5.46. The molecular weight excluding hydrogens is 286 g/mol. The lowest BCUT2D eigenvalue weighted by Gasteiger charge is -2.20. The first-order chi connectivity index (χ1) is 10.1. The minimum absolute atomic E-state index is 0.0591. The normalized spacial score (nSPS) is 17.3. The summed E-state index contributed by atoms with van der Waals surface area (Å²) in [6, 6.07) is 7.58. The summed E-state index contributed by atoms with van der Waals surface area (Å²) < 4.78 is 1.80. The molecule has 1 aliphatic rings. The summed E-state index contributed by atoms with van der Waals surface area (Å²) in [6.07, 6.45) is 4.82. The lowest BCUT2D eigenvalue weighted by molar-refractivity contribution is -0.123. The Morgan fingerprint density at radius 1 is 1.48 bits per heavy atom. The van der Waals surface area contributed by atoms with Crippen LogP contribution in [0.15, 0.2) is 30.5 Å². The molecule has 0 saturated heterocycles. The smallest absolute Gasteiger partial charge is 0.227 e. The number of carbonyl (C=O) groups is 1. The number of amides is 1. The van der Waals surface area contributed by atoms with Crippen LogP contribution in [0.25, 0.3) is 0 Å². The van der Waals surface area contributed by atoms with E-state index in [-0.39, 0.29) is 11.8 Å². The molecule has 1 amide bonds. The van der Waals surface area contributed by atoms with E-state index in [0.29, 0.717) is 11.6 Å². The molecule has 0 aliphatic heterocycles. The second-order valence-corrected chi connectivity index (χ2v) is 5.87. The molecule has 1 atom stereocenters. The fourth-order valence-corrected chi connectivity index (χ4v) is 3.09. The molecule has 3 rings (SSSR count). The van der Waals surface area contributed by atoms with Gasteiger partial charge in [0.25, 0.3) is 0 Å². The van der Waals surface area contributed by atoms with Crippen molar-refractivity contribution in [2.45, 2.75) is 31.7 Å². The number of nitrogens with one attached hydrogen (secondary N) is 1. The molecule has 1 aliphatic carbocycles. The van der Waals surface area contributed by atoms with E-state index < -0.39 is 0 Å². The first-order valence-corrected chi connectivity index (χ1v) is 7.56. The minimum Gasteiger partial charge on any atom is -0.351 e. The predicted octanol–water partition coefficient (Wildman–Crippen LogP) is 2.81. The fraction of sp³-hybridized carbons (Fsp3) is 0.375. The van der Waals surface area contributed by atoms with Gasteiger partial charge in [0, 0.05) is 30.4 Å². The van der Waals surface area contributed by atoms with E-state index in [0.717, 1.165) is 36.1 Å². The van der Waals surface area contributed by atoms with Gasteiger partial charge in [0.05, 0.1) is 11.6 Å². The molecule has 110 valence electrons. The maximum absolute atomic E-state index is 12.5. The summed E-state index contributed by atoms with van der Waals surface area (Å²) in [7, 11) is 1.90. The quantitative estimate of drug-likeness (QED) is 0.948. The molecule has 1 N–H and O–H groups in total. The first kappa shape index (κ1) is 14.1. The Morgan fingerprint density at radius 2 is 2.29 bits per heavy atom. The summed E-state index contributed by atoms with van der Waals surface area (Å²) in [5, 5.41) is 8.11. The third-order valence-corrected chi connectivity index (χ3v) is 4.32. The number of hydrogen-bond donors (Lipinski definition) is 1. The van der Waals surface area contributed by atoms with Crippen LogP contribution in [0.4, 0.5) is 0 Å². The predicted molar refractivity (Wildman–Crippen MR) is 82.2 cm³/mol. The summed E-state index contributed by atoms with van der Waals surface area (Å²) in [5.41, 5.74) is 3.07. The zero-order valence-corrected chi connectivity index (χ0v) is 12.7. The van der Waals surface area contributed by atoms with Gasteiger partial charge in [0.15, 0.2) is 0 Å². The Hall–Kier alpha value is -1.81. The van der Waals surface area contributed by atoms with Gasteiger partial charge in [-0.25, -0.2) is 0 Å². The standard InChI is InChI=1S/C16H18ClN3O/c1-20-10-13-12(6-4-8-15(13)19-20)16(21)18-9-11-5-2-3-7-14(11)17/h2-3,5,7,10,12H,4,6,8-9H2,1H3,(H,18,21). The highest BCUT2D eigenvalue weighted by atomic mass is 35.5. The van der Waals surface area contributed by atoms with Crippen molar-refractivity contribution in [3.8, 4) is 0 Å². The lowest BCUT2D eigenvalue weighted by Crippen LogP contribution is -2.30. The van der Waals surface area contributed by atoms with Crippen molar-refractivity contribution in [3.63, 3.8) is 0 Å². The maximum atomic E-state index is 12.5. The van der Waals surface area contributed by atoms with Crippen molar-refractivity contribution in [2.75, 3.05) is 0 Å². The summed E-state index contributed by atoms with van der Waals surface area (Å²) in [5.74, 6) is -0.0335. The average Bonchev–Trinajstić information content (AvgIpc) is 2.86. The van der Waals surface area contributed by atoms with Crippen molar-refractivity contribution < 1.29 is 4.79 Å². The summed E-state index contributed by atoms with van der Waals surface area (Å²) in [4.78, 5) is 12.5. The van der Waals surface area contributed by atoms with Crippen molar-refractivity contribution >= 4 is 17.5 Å². The average molecular weight is 304 g/mol. The Bertz CT molecular complexity index is 665. The highest BCUT2D eigenvalue weighted by Crippen LogP contribution is 2.31. The van der Waals surface area contributed by atoms with E-state index >= 15 is 0 Å². The van der Waals surface area contributed by atoms with E-state index in [9.17, 15) is 4.79 Å². The zero-order chi connectivity index (χ0) is 14.8. The van der Waals surface area contributed by atoms with Crippen LogP contribution in [0.1, 0.15) is 35.6 Å². The molecule has 0 fully saturated rings. The highest BCUT2D eigenvalue weighted by Gasteiger charge is 2.28. The monoisotopic (exact) mass is 303 g/mol. The molecule has 0 saturated carbocycles. The Labute approximate surface area is 129 Å². The number of halogens is 1. The second kappa shape index (κ2) is 5.90. The number of hydrogen-bond acceptors (Lipinski definition) is 2. The molecule has 2 aromatic rings. The van der Waals surface area contributed by atoms with E-state index in [1.165, 1.54) is 0 Å². The first-order valence-electron chi connectivity index (χ1n) is 7.18. The third-order valence-electron chi connectivity index (χ3n) is 3.95. The van der Waals surface area contributed by atoms with Gasteiger partial charge in [0.1, 0.15) is 0 Å². The molecule has 1 unspecified atom stereocenters. The molecular formula is C16H18ClN3O. The van der Waals surface area contributed by atoms with E-state index in [2.05, 4.69) is 10.4 Å². The van der Waals surface area contributed by atoms with Gasteiger partial charge in [-0.05, 0) is 30.9 Å². The summed E-state index contributed by atoms with van der Waals surface area (Å²) in [6.45, 7) is 0.463. The molecule has 21 heavy (non-hydrogen) atoms. The number of rotatable bonds is 3. The van der Waals surface area contributed by atoms with Crippen molar-refractivity contribution in [1.29, 1.82) is 0 Å². The Balaban J connectivity index is 1.71. The van der Waals surface area contributed by atoms with Crippen LogP contribution in [-0.2, 0) is 24.8 Å². The number of fused-ring (bicyclic) bond motifs is 1. The molecule has 1 aromatic heterocycles. The number of aromatic nitrogens is 2. The van der Waals surface area contributed by atoms with Crippen LogP contribution >= 0.6 is 11.6 Å². The van der Waals surface area contributed by atoms with E-state index in [4.69, 9.17) is 11.6 Å². The van der Waals surface area contributed by atoms with Gasteiger partial charge in [-0.15, -0.1) is 0 Å². The zero-order valence-electron chi connectivity index (χ0n) is 12.0. The molecule has 0 radical (unpaired) electrons. The molecule has 5 heteroatoms. The van der Waals surface area contributed by atoms with Crippen molar-refractivity contribution in [1.82, 2.24) is 15.1 Å². The number of nitrogens with zero attached hydrogens (tertiary/aromatic N) is 2. The summed E-state index contributed by atoms with van der Waals surface area (Å²) >= 11 is 6.11. The van der Waals surface area contributed by atoms with Gasteiger partial charge < -0.3 is 5.32 Å². The third kappa shape index (κ3) is 2.95. The highest BCUT2D eigenvalue weighted by molar-refractivity contribution is 6.31. The van der Waals surface area contributed by atoms with Crippen molar-refractivity contribution in [3.05, 3.63) is 52.3 Å². The van der Waals surface area contributed by atoms with Gasteiger partial charge in [-0.2, -0.15) is 5.10 Å². The van der Waals surface area contributed by atoms with Gasteiger partial charge in [0.2, 0.25) is 5.91 Å².